The summed E-state index contributed by atoms with van der Waals surface area (Å²) in [6, 6.07) is 4.07. The van der Waals surface area contributed by atoms with Crippen molar-refractivity contribution in [2.24, 2.45) is 0 Å². The quantitative estimate of drug-likeness (QED) is 0.760. The van der Waals surface area contributed by atoms with Crippen molar-refractivity contribution in [2.75, 3.05) is 16.3 Å². The molecular weight excluding hydrogens is 331 g/mol. The molecule has 1 amide bonds. The first-order valence-electron chi connectivity index (χ1n) is 6.06. The summed E-state index contributed by atoms with van der Waals surface area (Å²) in [5.41, 5.74) is -0.412. The van der Waals surface area contributed by atoms with Crippen LogP contribution in [0.4, 0.5) is 15.8 Å². The summed E-state index contributed by atoms with van der Waals surface area (Å²) >= 11 is 0. The number of hydrogen-bond acceptors (Lipinski definition) is 5. The van der Waals surface area contributed by atoms with Crippen LogP contribution in [0.5, 0.6) is 0 Å². The highest BCUT2D eigenvalue weighted by Gasteiger charge is 2.17. The fraction of sp³-hybridized carbons (Fsp3) is 0.0769. The molecule has 0 unspecified atom stereocenters. The highest BCUT2D eigenvalue weighted by molar-refractivity contribution is 7.92. The zero-order valence-corrected chi connectivity index (χ0v) is 12.5. The maximum Gasteiger partial charge on any atom is 0.338 e. The zero-order valence-electron chi connectivity index (χ0n) is 11.7. The number of carbonyl (C=O) groups excluding carboxylic acids is 1. The van der Waals surface area contributed by atoms with E-state index in [1.54, 1.807) is 0 Å². The number of aromatic carboxylic acids is 1. The summed E-state index contributed by atoms with van der Waals surface area (Å²) in [7, 11) is -3.69. The largest absolute Gasteiger partial charge is 0.478 e. The van der Waals surface area contributed by atoms with Crippen LogP contribution in [-0.4, -0.2) is 31.7 Å². The molecule has 10 heteroatoms. The fourth-order valence-corrected chi connectivity index (χ4v) is 2.23. The number of hydrogen-bond donors (Lipinski definition) is 3. The first kappa shape index (κ1) is 16.5. The third-order valence-electron chi connectivity index (χ3n) is 2.60. The van der Waals surface area contributed by atoms with Gasteiger partial charge in [-0.2, -0.15) is 0 Å². The fourth-order valence-electron chi connectivity index (χ4n) is 1.66. The Morgan fingerprint density at radius 2 is 1.91 bits per heavy atom. The molecule has 122 valence electrons. The Morgan fingerprint density at radius 1 is 1.22 bits per heavy atom. The van der Waals surface area contributed by atoms with Gasteiger partial charge in [0.15, 0.2) is 5.76 Å². The number of rotatable bonds is 5. The van der Waals surface area contributed by atoms with Crippen LogP contribution in [0.1, 0.15) is 20.9 Å². The van der Waals surface area contributed by atoms with Crippen LogP contribution >= 0.6 is 0 Å². The van der Waals surface area contributed by atoms with Gasteiger partial charge in [0, 0.05) is 12.1 Å². The Balaban J connectivity index is 2.28. The van der Waals surface area contributed by atoms with E-state index in [2.05, 4.69) is 10.0 Å². The number of carboxylic acids is 1. The summed E-state index contributed by atoms with van der Waals surface area (Å²) in [5, 5.41) is 11.1. The SMILES string of the molecule is CS(=O)(=O)Nc1cc(F)ccc1NC(=O)c1cc(C(=O)O)co1. The van der Waals surface area contributed by atoms with Crippen molar-refractivity contribution < 1.29 is 31.9 Å². The van der Waals surface area contributed by atoms with E-state index in [9.17, 15) is 22.4 Å². The Hall–Kier alpha value is -2.88. The van der Waals surface area contributed by atoms with Gasteiger partial charge in [0.2, 0.25) is 10.0 Å². The molecule has 0 bridgehead atoms. The van der Waals surface area contributed by atoms with Crippen molar-refractivity contribution in [3.8, 4) is 0 Å². The van der Waals surface area contributed by atoms with Gasteiger partial charge in [-0.1, -0.05) is 0 Å². The van der Waals surface area contributed by atoms with Gasteiger partial charge in [0.05, 0.1) is 23.2 Å². The van der Waals surface area contributed by atoms with E-state index in [0.717, 1.165) is 36.8 Å². The maximum atomic E-state index is 13.2. The summed E-state index contributed by atoms with van der Waals surface area (Å²) in [6.07, 6.45) is 1.76. The lowest BCUT2D eigenvalue weighted by Gasteiger charge is -2.11. The lowest BCUT2D eigenvalue weighted by atomic mass is 10.2. The molecule has 0 aliphatic carbocycles. The van der Waals surface area contributed by atoms with Gasteiger partial charge in [-0.3, -0.25) is 9.52 Å². The van der Waals surface area contributed by atoms with E-state index in [1.165, 1.54) is 0 Å². The van der Waals surface area contributed by atoms with Crippen LogP contribution in [-0.2, 0) is 10.0 Å². The predicted molar refractivity (Wildman–Crippen MR) is 78.5 cm³/mol. The Labute approximate surface area is 130 Å². The molecule has 8 nitrogen and oxygen atoms in total. The molecule has 0 radical (unpaired) electrons. The highest BCUT2D eigenvalue weighted by Crippen LogP contribution is 2.24. The average Bonchev–Trinajstić information content (AvgIpc) is 2.90. The van der Waals surface area contributed by atoms with Crippen LogP contribution in [0.25, 0.3) is 0 Å². The molecule has 2 rings (SSSR count). The van der Waals surface area contributed by atoms with E-state index >= 15 is 0 Å². The summed E-state index contributed by atoms with van der Waals surface area (Å²) in [4.78, 5) is 22.7. The molecule has 0 atom stereocenters. The second-order valence-corrected chi connectivity index (χ2v) is 6.27. The lowest BCUT2D eigenvalue weighted by molar-refractivity contribution is 0.0696. The second-order valence-electron chi connectivity index (χ2n) is 4.52. The number of amides is 1. The number of anilines is 2. The van der Waals surface area contributed by atoms with Gasteiger partial charge < -0.3 is 14.8 Å². The van der Waals surface area contributed by atoms with E-state index in [1.807, 2.05) is 0 Å². The zero-order chi connectivity index (χ0) is 17.2. The van der Waals surface area contributed by atoms with Gasteiger partial charge in [-0.05, 0) is 12.1 Å². The molecule has 1 aromatic heterocycles. The van der Waals surface area contributed by atoms with E-state index in [4.69, 9.17) is 9.52 Å². The molecule has 23 heavy (non-hydrogen) atoms. The van der Waals surface area contributed by atoms with Crippen molar-refractivity contribution in [2.45, 2.75) is 0 Å². The smallest absolute Gasteiger partial charge is 0.338 e. The molecule has 0 saturated heterocycles. The molecule has 0 aliphatic heterocycles. The highest BCUT2D eigenvalue weighted by atomic mass is 32.2. The number of furan rings is 1. The minimum atomic E-state index is -3.69. The lowest BCUT2D eigenvalue weighted by Crippen LogP contribution is -2.16. The topological polar surface area (TPSA) is 126 Å². The standard InChI is InChI=1S/C13H11FN2O6S/c1-23(20,21)16-10-5-8(14)2-3-9(10)15-12(17)11-4-7(6-22-11)13(18)19/h2-6,16H,1H3,(H,15,17)(H,18,19). The molecule has 1 heterocycles. The molecule has 0 spiro atoms. The third kappa shape index (κ3) is 4.30. The van der Waals surface area contributed by atoms with Gasteiger partial charge in [0.1, 0.15) is 12.1 Å². The number of benzene rings is 1. The average molecular weight is 342 g/mol. The number of carboxylic acid groups (broad SMARTS) is 1. The normalized spacial score (nSPS) is 11.0. The maximum absolute atomic E-state index is 13.2. The van der Waals surface area contributed by atoms with Gasteiger partial charge in [-0.25, -0.2) is 17.6 Å². The van der Waals surface area contributed by atoms with E-state index in [-0.39, 0.29) is 22.7 Å². The summed E-state index contributed by atoms with van der Waals surface area (Å²) < 4.78 is 42.7. The number of sulfonamides is 1. The van der Waals surface area contributed by atoms with E-state index < -0.39 is 27.7 Å². The molecular formula is C13H11FN2O6S. The van der Waals surface area contributed by atoms with Crippen molar-refractivity contribution in [3.05, 3.63) is 47.7 Å². The van der Waals surface area contributed by atoms with Crippen LogP contribution in [0.2, 0.25) is 0 Å². The van der Waals surface area contributed by atoms with Crippen LogP contribution in [0, 0.1) is 5.82 Å². The van der Waals surface area contributed by atoms with Crippen molar-refractivity contribution in [1.82, 2.24) is 0 Å². The van der Waals surface area contributed by atoms with Crippen LogP contribution in [0.3, 0.4) is 0 Å². The molecule has 2 aromatic rings. The van der Waals surface area contributed by atoms with Gasteiger partial charge in [-0.15, -0.1) is 0 Å². The molecule has 0 aliphatic rings. The van der Waals surface area contributed by atoms with Gasteiger partial charge >= 0.3 is 5.97 Å². The number of halogens is 1. The third-order valence-corrected chi connectivity index (χ3v) is 3.19. The molecule has 0 saturated carbocycles. The van der Waals surface area contributed by atoms with Gasteiger partial charge in [0.25, 0.3) is 5.91 Å². The summed E-state index contributed by atoms with van der Waals surface area (Å²) in [5.74, 6) is -3.09. The van der Waals surface area contributed by atoms with Crippen molar-refractivity contribution in [1.29, 1.82) is 0 Å². The Bertz CT molecular complexity index is 874. The molecule has 1 aromatic carbocycles. The first-order chi connectivity index (χ1) is 10.7. The Kier molecular flexibility index (Phi) is 4.36. The Morgan fingerprint density at radius 3 is 2.48 bits per heavy atom. The van der Waals surface area contributed by atoms with Crippen LogP contribution < -0.4 is 10.0 Å². The van der Waals surface area contributed by atoms with Crippen molar-refractivity contribution >= 4 is 33.3 Å². The second kappa shape index (κ2) is 6.08. The number of carbonyl (C=O) groups is 2. The molecule has 0 fully saturated rings. The predicted octanol–water partition coefficient (Wildman–Crippen LogP) is 1.74. The monoisotopic (exact) mass is 342 g/mol. The number of nitrogens with one attached hydrogen (secondary N) is 2. The first-order valence-corrected chi connectivity index (χ1v) is 7.95. The molecule has 3 N–H and O–H groups in total. The van der Waals surface area contributed by atoms with Crippen molar-refractivity contribution in [3.63, 3.8) is 0 Å². The van der Waals surface area contributed by atoms with Crippen LogP contribution in [0.15, 0.2) is 34.9 Å². The minimum Gasteiger partial charge on any atom is -0.478 e. The van der Waals surface area contributed by atoms with E-state index in [0.29, 0.717) is 0 Å². The minimum absolute atomic E-state index is 0.0184. The summed E-state index contributed by atoms with van der Waals surface area (Å²) in [6.45, 7) is 0.